The molecule has 0 bridgehead atoms. The molecular weight excluding hydrogens is 170 g/mol. The minimum absolute atomic E-state index is 0.196. The lowest BCUT2D eigenvalue weighted by molar-refractivity contribution is -0.387. The van der Waals surface area contributed by atoms with Crippen molar-refractivity contribution in [3.63, 3.8) is 0 Å². The summed E-state index contributed by atoms with van der Waals surface area (Å²) >= 11 is 0. The topological polar surface area (TPSA) is 68.9 Å². The Labute approximate surface area is 73.2 Å². The van der Waals surface area contributed by atoms with Gasteiger partial charge < -0.3 is 10.1 Å². The van der Waals surface area contributed by atoms with Gasteiger partial charge in [0.2, 0.25) is 0 Å². The zero-order valence-corrected chi connectivity index (χ0v) is 6.54. The number of pyridine rings is 2. The molecule has 13 heavy (non-hydrogen) atoms. The van der Waals surface area contributed by atoms with Gasteiger partial charge in [0.1, 0.15) is 6.20 Å². The molecule has 2 aromatic heterocycles. The average Bonchev–Trinajstić information content (AvgIpc) is 2.17. The highest BCUT2D eigenvalue weighted by Gasteiger charge is 2.12. The fraction of sp³-hybridized carbons (Fsp3) is 0. The summed E-state index contributed by atoms with van der Waals surface area (Å²) in [6, 6.07) is 5.18. The maximum absolute atomic E-state index is 10.5. The number of fused-ring (bicyclic) bond motifs is 1. The van der Waals surface area contributed by atoms with E-state index in [1.54, 1.807) is 18.2 Å². The third kappa shape index (κ3) is 1.20. The van der Waals surface area contributed by atoms with Crippen molar-refractivity contribution >= 4 is 16.7 Å². The van der Waals surface area contributed by atoms with Crippen LogP contribution in [0.1, 0.15) is 0 Å². The monoisotopic (exact) mass is 175 g/mol. The Morgan fingerprint density at radius 2 is 2.08 bits per heavy atom. The average molecular weight is 175 g/mol. The number of hydrogen-bond acceptors (Lipinski definition) is 4. The van der Waals surface area contributed by atoms with E-state index in [0.29, 0.717) is 5.52 Å². The van der Waals surface area contributed by atoms with Crippen molar-refractivity contribution in [2.24, 2.45) is 0 Å². The van der Waals surface area contributed by atoms with Crippen LogP contribution in [0.15, 0.2) is 30.6 Å². The van der Waals surface area contributed by atoms with Gasteiger partial charge in [-0.15, -0.1) is 0 Å². The van der Waals surface area contributed by atoms with E-state index in [1.165, 1.54) is 12.4 Å². The molecule has 5 nitrogen and oxygen atoms in total. The van der Waals surface area contributed by atoms with E-state index in [0.717, 1.165) is 5.39 Å². The summed E-state index contributed by atoms with van der Waals surface area (Å²) < 4.78 is 0. The molecule has 0 aliphatic carbocycles. The lowest BCUT2D eigenvalue weighted by atomic mass is 10.2. The first-order valence-corrected chi connectivity index (χ1v) is 3.63. The lowest BCUT2D eigenvalue weighted by Gasteiger charge is -1.95. The molecule has 0 aliphatic heterocycles. The maximum atomic E-state index is 10.5. The largest absolute Gasteiger partial charge is 0.390 e. The van der Waals surface area contributed by atoms with Gasteiger partial charge in [-0.2, -0.15) is 0 Å². The smallest absolute Gasteiger partial charge is 0.358 e. The fourth-order valence-electron chi connectivity index (χ4n) is 1.12. The summed E-state index contributed by atoms with van der Waals surface area (Å²) in [7, 11) is 0. The Morgan fingerprint density at radius 3 is 2.85 bits per heavy atom. The minimum atomic E-state index is -0.532. The second kappa shape index (κ2) is 2.78. The maximum Gasteiger partial charge on any atom is 0.390 e. The van der Waals surface area contributed by atoms with Gasteiger partial charge in [-0.25, -0.2) is 4.98 Å². The summed E-state index contributed by atoms with van der Waals surface area (Å²) in [4.78, 5) is 17.5. The zero-order chi connectivity index (χ0) is 9.26. The Kier molecular flexibility index (Phi) is 1.63. The molecule has 0 saturated heterocycles. The van der Waals surface area contributed by atoms with Gasteiger partial charge in [0.15, 0.2) is 5.52 Å². The minimum Gasteiger partial charge on any atom is -0.358 e. The summed E-state index contributed by atoms with van der Waals surface area (Å²) in [5.74, 6) is -0.196. The van der Waals surface area contributed by atoms with Crippen LogP contribution in [0.2, 0.25) is 0 Å². The SMILES string of the molecule is O=[N+]([O-])c1nccc2cccnc12. The molecule has 0 unspecified atom stereocenters. The molecule has 0 fully saturated rings. The molecule has 0 radical (unpaired) electrons. The van der Waals surface area contributed by atoms with Crippen molar-refractivity contribution in [2.45, 2.75) is 0 Å². The van der Waals surface area contributed by atoms with Crippen molar-refractivity contribution < 1.29 is 4.92 Å². The summed E-state index contributed by atoms with van der Waals surface area (Å²) in [5, 5.41) is 11.2. The highest BCUT2D eigenvalue weighted by Crippen LogP contribution is 2.18. The predicted octanol–water partition coefficient (Wildman–Crippen LogP) is 1.54. The molecule has 0 saturated carbocycles. The first kappa shape index (κ1) is 7.60. The van der Waals surface area contributed by atoms with Crippen LogP contribution < -0.4 is 0 Å². The van der Waals surface area contributed by atoms with Gasteiger partial charge in [-0.1, -0.05) is 6.07 Å². The molecular formula is C8H5N3O2. The second-order valence-electron chi connectivity index (χ2n) is 2.47. The van der Waals surface area contributed by atoms with Crippen molar-refractivity contribution in [1.82, 2.24) is 9.97 Å². The van der Waals surface area contributed by atoms with Crippen LogP contribution in [0.5, 0.6) is 0 Å². The van der Waals surface area contributed by atoms with Crippen LogP contribution in [0.25, 0.3) is 10.9 Å². The van der Waals surface area contributed by atoms with Gasteiger partial charge in [0, 0.05) is 11.6 Å². The van der Waals surface area contributed by atoms with Crippen LogP contribution in [-0.4, -0.2) is 14.9 Å². The second-order valence-corrected chi connectivity index (χ2v) is 2.47. The highest BCUT2D eigenvalue weighted by atomic mass is 16.6. The van der Waals surface area contributed by atoms with Crippen molar-refractivity contribution in [3.05, 3.63) is 40.7 Å². The van der Waals surface area contributed by atoms with E-state index in [9.17, 15) is 10.1 Å². The number of rotatable bonds is 1. The van der Waals surface area contributed by atoms with Crippen LogP contribution in [-0.2, 0) is 0 Å². The highest BCUT2D eigenvalue weighted by molar-refractivity contribution is 5.84. The summed E-state index contributed by atoms with van der Waals surface area (Å²) in [5.41, 5.74) is 0.329. The Balaban J connectivity index is 2.83. The standard InChI is InChI=1S/C8H5N3O2/c12-11(13)8-7-6(3-5-10-8)2-1-4-9-7/h1-5H. The molecule has 2 rings (SSSR count). The van der Waals surface area contributed by atoms with Gasteiger partial charge in [-0.05, 0) is 22.0 Å². The number of nitrogens with zero attached hydrogens (tertiary/aromatic N) is 3. The third-order valence-electron chi connectivity index (χ3n) is 1.67. The number of nitro groups is 1. The molecule has 0 aliphatic rings. The zero-order valence-electron chi connectivity index (χ0n) is 6.54. The summed E-state index contributed by atoms with van der Waals surface area (Å²) in [6.45, 7) is 0. The molecule has 0 aromatic carbocycles. The Morgan fingerprint density at radius 1 is 1.23 bits per heavy atom. The van der Waals surface area contributed by atoms with E-state index in [2.05, 4.69) is 9.97 Å². The van der Waals surface area contributed by atoms with E-state index in [1.807, 2.05) is 0 Å². The van der Waals surface area contributed by atoms with Crippen molar-refractivity contribution in [2.75, 3.05) is 0 Å². The molecule has 0 N–H and O–H groups in total. The number of aromatic nitrogens is 2. The van der Waals surface area contributed by atoms with Crippen molar-refractivity contribution in [1.29, 1.82) is 0 Å². The van der Waals surface area contributed by atoms with Gasteiger partial charge in [-0.3, -0.25) is 0 Å². The van der Waals surface area contributed by atoms with Crippen LogP contribution >= 0.6 is 0 Å². The van der Waals surface area contributed by atoms with E-state index >= 15 is 0 Å². The van der Waals surface area contributed by atoms with Crippen molar-refractivity contribution in [3.8, 4) is 0 Å². The molecule has 0 atom stereocenters. The fourth-order valence-corrected chi connectivity index (χ4v) is 1.12. The van der Waals surface area contributed by atoms with Crippen LogP contribution in [0.4, 0.5) is 5.82 Å². The molecule has 2 aromatic rings. The quantitative estimate of drug-likeness (QED) is 0.487. The normalized spacial score (nSPS) is 10.2. The third-order valence-corrected chi connectivity index (χ3v) is 1.67. The van der Waals surface area contributed by atoms with E-state index in [-0.39, 0.29) is 5.82 Å². The first-order chi connectivity index (χ1) is 6.29. The predicted molar refractivity (Wildman–Crippen MR) is 46.2 cm³/mol. The molecule has 0 amide bonds. The summed E-state index contributed by atoms with van der Waals surface area (Å²) in [6.07, 6.45) is 2.92. The van der Waals surface area contributed by atoms with Gasteiger partial charge >= 0.3 is 5.82 Å². The van der Waals surface area contributed by atoms with Gasteiger partial charge in [0.05, 0.1) is 0 Å². The van der Waals surface area contributed by atoms with Gasteiger partial charge in [0.25, 0.3) is 0 Å². The molecule has 5 heteroatoms. The van der Waals surface area contributed by atoms with E-state index in [4.69, 9.17) is 0 Å². The Hall–Kier alpha value is -2.04. The molecule has 2 heterocycles. The molecule has 64 valence electrons. The molecule has 0 spiro atoms. The van der Waals surface area contributed by atoms with E-state index < -0.39 is 4.92 Å². The van der Waals surface area contributed by atoms with Crippen LogP contribution in [0.3, 0.4) is 0 Å². The van der Waals surface area contributed by atoms with Crippen LogP contribution in [0, 0.1) is 10.1 Å². The first-order valence-electron chi connectivity index (χ1n) is 3.63. The lowest BCUT2D eigenvalue weighted by Crippen LogP contribution is -1.93. The Bertz CT molecular complexity index is 464. The number of hydrogen-bond donors (Lipinski definition) is 0.